The molecule has 1 aromatic heterocycles. The summed E-state index contributed by atoms with van der Waals surface area (Å²) in [7, 11) is 0. The Morgan fingerprint density at radius 3 is 2.39 bits per heavy atom. The van der Waals surface area contributed by atoms with Gasteiger partial charge in [-0.1, -0.05) is 13.8 Å². The summed E-state index contributed by atoms with van der Waals surface area (Å²) < 4.78 is 0. The Morgan fingerprint density at radius 1 is 1.00 bits per heavy atom. The van der Waals surface area contributed by atoms with Crippen molar-refractivity contribution >= 4 is 17.8 Å². The monoisotopic (exact) mass is 495 g/mol. The van der Waals surface area contributed by atoms with Crippen molar-refractivity contribution in [2.45, 2.75) is 71.9 Å². The van der Waals surface area contributed by atoms with Crippen LogP contribution in [0.15, 0.2) is 18.5 Å². The summed E-state index contributed by atoms with van der Waals surface area (Å²) in [5, 5.41) is 3.16. The zero-order chi connectivity index (χ0) is 25.3. The van der Waals surface area contributed by atoms with Gasteiger partial charge in [-0.05, 0) is 72.5 Å². The molecule has 2 saturated heterocycles. The molecule has 4 heterocycles. The Bertz CT molecular complexity index is 954. The van der Waals surface area contributed by atoms with E-state index in [1.165, 1.54) is 5.56 Å². The van der Waals surface area contributed by atoms with Crippen LogP contribution in [0.2, 0.25) is 0 Å². The molecule has 8 nitrogen and oxygen atoms in total. The molecule has 3 fully saturated rings. The number of likely N-dealkylation sites (tertiary alicyclic amines) is 2. The van der Waals surface area contributed by atoms with Crippen LogP contribution in [-0.2, 0) is 22.7 Å². The standard InChI is InChI=1S/C28H41N5O3/c1-20(2)13-25(34)31-9-4-21(5-10-31)14-26(35)32-11-6-28(7-12-32)15-24(28)17-30-27(36)33-18-22-3-8-29-16-23(22)19-33/h3,8,16,20-21,24H,4-7,9-15,17-19H2,1-2H3,(H,30,36). The summed E-state index contributed by atoms with van der Waals surface area (Å²) in [6, 6.07) is 2.00. The van der Waals surface area contributed by atoms with Gasteiger partial charge in [0, 0.05) is 71.0 Å². The van der Waals surface area contributed by atoms with Gasteiger partial charge < -0.3 is 20.0 Å². The second kappa shape index (κ2) is 10.4. The highest BCUT2D eigenvalue weighted by Crippen LogP contribution is 2.59. The topological polar surface area (TPSA) is 85.8 Å². The van der Waals surface area contributed by atoms with E-state index in [9.17, 15) is 14.4 Å². The maximum absolute atomic E-state index is 13.0. The van der Waals surface area contributed by atoms with E-state index in [-0.39, 0.29) is 17.8 Å². The Kier molecular flexibility index (Phi) is 7.22. The van der Waals surface area contributed by atoms with Crippen LogP contribution >= 0.6 is 0 Å². The van der Waals surface area contributed by atoms with Gasteiger partial charge in [-0.25, -0.2) is 4.79 Å². The van der Waals surface area contributed by atoms with Gasteiger partial charge in [-0.15, -0.1) is 0 Å². The van der Waals surface area contributed by atoms with Crippen LogP contribution in [0.4, 0.5) is 4.79 Å². The molecule has 1 N–H and O–H groups in total. The molecule has 1 atom stereocenters. The highest BCUT2D eigenvalue weighted by atomic mass is 16.2. The maximum atomic E-state index is 13.0. The molecule has 1 unspecified atom stereocenters. The predicted molar refractivity (Wildman–Crippen MR) is 137 cm³/mol. The molecule has 4 aliphatic rings. The van der Waals surface area contributed by atoms with Crippen molar-refractivity contribution in [3.05, 3.63) is 29.6 Å². The number of urea groups is 1. The van der Waals surface area contributed by atoms with Gasteiger partial charge in [0.25, 0.3) is 0 Å². The van der Waals surface area contributed by atoms with E-state index >= 15 is 0 Å². The third-order valence-electron chi connectivity index (χ3n) is 9.00. The fraction of sp³-hybridized carbons (Fsp3) is 0.714. The first kappa shape index (κ1) is 25.0. The first-order chi connectivity index (χ1) is 17.3. The molecule has 0 bridgehead atoms. The third-order valence-corrected chi connectivity index (χ3v) is 9.00. The van der Waals surface area contributed by atoms with E-state index in [1.54, 1.807) is 6.20 Å². The summed E-state index contributed by atoms with van der Waals surface area (Å²) in [4.78, 5) is 48.0. The number of aromatic nitrogens is 1. The van der Waals surface area contributed by atoms with E-state index in [0.29, 0.717) is 49.1 Å². The Balaban J connectivity index is 0.993. The molecule has 1 aliphatic carbocycles. The number of amides is 4. The second-order valence-corrected chi connectivity index (χ2v) is 12.0. The molecule has 1 spiro atoms. The normalized spacial score (nSPS) is 23.2. The molecular weight excluding hydrogens is 454 g/mol. The lowest BCUT2D eigenvalue weighted by Crippen LogP contribution is -2.43. The highest BCUT2D eigenvalue weighted by Gasteiger charge is 2.54. The molecule has 8 heteroatoms. The number of hydrogen-bond acceptors (Lipinski definition) is 4. The fourth-order valence-electron chi connectivity index (χ4n) is 6.46. The van der Waals surface area contributed by atoms with E-state index in [1.807, 2.05) is 22.1 Å². The van der Waals surface area contributed by atoms with Crippen LogP contribution in [-0.4, -0.2) is 70.3 Å². The van der Waals surface area contributed by atoms with E-state index in [4.69, 9.17) is 0 Å². The summed E-state index contributed by atoms with van der Waals surface area (Å²) in [6.45, 7) is 9.44. The van der Waals surface area contributed by atoms with Crippen LogP contribution in [0.25, 0.3) is 0 Å². The van der Waals surface area contributed by atoms with Crippen LogP contribution in [0.3, 0.4) is 0 Å². The first-order valence-electron chi connectivity index (χ1n) is 13.8. The number of hydrogen-bond donors (Lipinski definition) is 1. The van der Waals surface area contributed by atoms with Gasteiger partial charge >= 0.3 is 6.03 Å². The minimum Gasteiger partial charge on any atom is -0.343 e. The largest absolute Gasteiger partial charge is 0.343 e. The number of nitrogens with one attached hydrogen (secondary N) is 1. The van der Waals surface area contributed by atoms with Crippen LogP contribution < -0.4 is 5.32 Å². The molecular formula is C28H41N5O3. The average Bonchev–Trinajstić information content (AvgIpc) is 3.33. The van der Waals surface area contributed by atoms with Gasteiger partial charge in [0.2, 0.25) is 11.8 Å². The molecule has 0 aromatic carbocycles. The zero-order valence-corrected chi connectivity index (χ0v) is 21.9. The first-order valence-corrected chi connectivity index (χ1v) is 13.8. The molecule has 4 amide bonds. The van der Waals surface area contributed by atoms with Crippen LogP contribution in [0, 0.1) is 23.2 Å². The van der Waals surface area contributed by atoms with Crippen LogP contribution in [0.1, 0.15) is 69.9 Å². The lowest BCUT2D eigenvalue weighted by atomic mass is 9.89. The number of fused-ring (bicyclic) bond motifs is 1. The average molecular weight is 496 g/mol. The second-order valence-electron chi connectivity index (χ2n) is 12.0. The van der Waals surface area contributed by atoms with Crippen LogP contribution in [0.5, 0.6) is 0 Å². The van der Waals surface area contributed by atoms with Crippen molar-refractivity contribution in [3.8, 4) is 0 Å². The summed E-state index contributed by atoms with van der Waals surface area (Å²) in [6.07, 6.45) is 9.99. The van der Waals surface area contributed by atoms with Crippen molar-refractivity contribution in [2.24, 2.45) is 23.2 Å². The Hall–Kier alpha value is -2.64. The van der Waals surface area contributed by atoms with Gasteiger partial charge in [0.05, 0.1) is 0 Å². The van der Waals surface area contributed by atoms with Gasteiger partial charge in [0.1, 0.15) is 0 Å². The highest BCUT2D eigenvalue weighted by molar-refractivity contribution is 5.77. The van der Waals surface area contributed by atoms with E-state index < -0.39 is 0 Å². The molecule has 1 aromatic rings. The van der Waals surface area contributed by atoms with Crippen molar-refractivity contribution in [1.29, 1.82) is 0 Å². The molecule has 3 aliphatic heterocycles. The fourth-order valence-corrected chi connectivity index (χ4v) is 6.46. The minimum atomic E-state index is 0.0119. The summed E-state index contributed by atoms with van der Waals surface area (Å²) in [5.74, 6) is 1.85. The van der Waals surface area contributed by atoms with Gasteiger partial charge in [-0.3, -0.25) is 14.6 Å². The van der Waals surface area contributed by atoms with Crippen molar-refractivity contribution in [2.75, 3.05) is 32.7 Å². The molecule has 196 valence electrons. The number of pyridine rings is 1. The van der Waals surface area contributed by atoms with Gasteiger partial charge in [-0.2, -0.15) is 0 Å². The van der Waals surface area contributed by atoms with E-state index in [2.05, 4.69) is 29.0 Å². The quantitative estimate of drug-likeness (QED) is 0.655. The van der Waals surface area contributed by atoms with E-state index in [0.717, 1.165) is 70.4 Å². The molecule has 5 rings (SSSR count). The lowest BCUT2D eigenvalue weighted by Gasteiger charge is -2.36. The molecule has 36 heavy (non-hydrogen) atoms. The van der Waals surface area contributed by atoms with Gasteiger partial charge in [0.15, 0.2) is 0 Å². The number of carbonyl (C=O) groups is 3. The summed E-state index contributed by atoms with van der Waals surface area (Å²) >= 11 is 0. The molecule has 0 radical (unpaired) electrons. The molecule has 1 saturated carbocycles. The minimum absolute atomic E-state index is 0.0119. The number of rotatable bonds is 6. The number of piperidine rings is 2. The third kappa shape index (κ3) is 5.52. The number of nitrogens with zero attached hydrogens (tertiary/aromatic N) is 4. The maximum Gasteiger partial charge on any atom is 0.318 e. The van der Waals surface area contributed by atoms with Crippen molar-refractivity contribution < 1.29 is 14.4 Å². The zero-order valence-electron chi connectivity index (χ0n) is 21.9. The Labute approximate surface area is 214 Å². The lowest BCUT2D eigenvalue weighted by molar-refractivity contribution is -0.135. The van der Waals surface area contributed by atoms with Crippen molar-refractivity contribution in [3.63, 3.8) is 0 Å². The SMILES string of the molecule is CC(C)CC(=O)N1CCC(CC(=O)N2CCC3(CC2)CC3CNC(=O)N2Cc3ccncc3C2)CC1. The van der Waals surface area contributed by atoms with Crippen molar-refractivity contribution in [1.82, 2.24) is 25.0 Å². The number of carbonyl (C=O) groups excluding carboxylic acids is 3. The smallest absolute Gasteiger partial charge is 0.318 e. The summed E-state index contributed by atoms with van der Waals surface area (Å²) in [5.41, 5.74) is 2.63. The Morgan fingerprint density at radius 2 is 1.69 bits per heavy atom. The predicted octanol–water partition coefficient (Wildman–Crippen LogP) is 3.41.